The molecule has 2 aromatic rings. The number of amides is 1. The number of hydrogen-bond acceptors (Lipinski definition) is 4. The second-order valence-corrected chi connectivity index (χ2v) is 7.04. The summed E-state index contributed by atoms with van der Waals surface area (Å²) in [6, 6.07) is 8.26. The SMILES string of the molecule is O=C(c1c[nH]c2ccccc12)N(CCN1CCOCC1)C1CCOCC1. The van der Waals surface area contributed by atoms with E-state index in [2.05, 4.69) is 14.8 Å². The normalized spacial score (nSPS) is 19.7. The van der Waals surface area contributed by atoms with Gasteiger partial charge in [0.25, 0.3) is 5.91 Å². The molecule has 6 nitrogen and oxygen atoms in total. The van der Waals surface area contributed by atoms with Crippen molar-refractivity contribution >= 4 is 16.8 Å². The van der Waals surface area contributed by atoms with Gasteiger partial charge in [-0.25, -0.2) is 0 Å². The van der Waals surface area contributed by atoms with E-state index in [1.807, 2.05) is 30.5 Å². The van der Waals surface area contributed by atoms with Gasteiger partial charge < -0.3 is 19.4 Å². The van der Waals surface area contributed by atoms with E-state index >= 15 is 0 Å². The van der Waals surface area contributed by atoms with Crippen LogP contribution in [0, 0.1) is 0 Å². The molecule has 2 saturated heterocycles. The predicted octanol–water partition coefficient (Wildman–Crippen LogP) is 2.12. The molecule has 0 spiro atoms. The number of hydrogen-bond donors (Lipinski definition) is 1. The average molecular weight is 357 g/mol. The van der Waals surface area contributed by atoms with Gasteiger partial charge in [0, 0.05) is 62.5 Å². The van der Waals surface area contributed by atoms with Crippen LogP contribution in [0.4, 0.5) is 0 Å². The van der Waals surface area contributed by atoms with Crippen molar-refractivity contribution in [2.75, 3.05) is 52.6 Å². The fourth-order valence-corrected chi connectivity index (χ4v) is 3.92. The quantitative estimate of drug-likeness (QED) is 0.891. The van der Waals surface area contributed by atoms with E-state index in [0.717, 1.165) is 81.9 Å². The molecule has 26 heavy (non-hydrogen) atoms. The highest BCUT2D eigenvalue weighted by Gasteiger charge is 2.28. The maximum absolute atomic E-state index is 13.4. The zero-order chi connectivity index (χ0) is 17.8. The fraction of sp³-hybridized carbons (Fsp3) is 0.550. The van der Waals surface area contributed by atoms with Gasteiger partial charge in [0.1, 0.15) is 0 Å². The zero-order valence-electron chi connectivity index (χ0n) is 15.2. The number of nitrogens with zero attached hydrogens (tertiary/aromatic N) is 2. The van der Waals surface area contributed by atoms with Crippen molar-refractivity contribution < 1.29 is 14.3 Å². The van der Waals surface area contributed by atoms with Crippen LogP contribution in [-0.2, 0) is 9.47 Å². The Hall–Kier alpha value is -1.89. The minimum absolute atomic E-state index is 0.127. The number of ether oxygens (including phenoxy) is 2. The van der Waals surface area contributed by atoms with E-state index in [4.69, 9.17) is 9.47 Å². The van der Waals surface area contributed by atoms with Crippen molar-refractivity contribution in [3.63, 3.8) is 0 Å². The van der Waals surface area contributed by atoms with Crippen LogP contribution in [0.15, 0.2) is 30.5 Å². The number of para-hydroxylation sites is 1. The smallest absolute Gasteiger partial charge is 0.256 e. The van der Waals surface area contributed by atoms with E-state index in [9.17, 15) is 4.79 Å². The monoisotopic (exact) mass is 357 g/mol. The summed E-state index contributed by atoms with van der Waals surface area (Å²) in [4.78, 5) is 21.1. The molecule has 1 aromatic heterocycles. The van der Waals surface area contributed by atoms with Crippen molar-refractivity contribution in [1.29, 1.82) is 0 Å². The van der Waals surface area contributed by atoms with Crippen molar-refractivity contribution in [2.24, 2.45) is 0 Å². The number of rotatable bonds is 5. The summed E-state index contributed by atoms with van der Waals surface area (Å²) in [6.07, 6.45) is 3.68. The van der Waals surface area contributed by atoms with Crippen molar-refractivity contribution in [2.45, 2.75) is 18.9 Å². The first-order chi connectivity index (χ1) is 12.8. The van der Waals surface area contributed by atoms with Crippen LogP contribution < -0.4 is 0 Å². The molecule has 2 fully saturated rings. The highest BCUT2D eigenvalue weighted by molar-refractivity contribution is 6.06. The second-order valence-electron chi connectivity index (χ2n) is 7.04. The first-order valence-corrected chi connectivity index (χ1v) is 9.58. The predicted molar refractivity (Wildman–Crippen MR) is 100 cm³/mol. The van der Waals surface area contributed by atoms with Crippen molar-refractivity contribution in [3.8, 4) is 0 Å². The van der Waals surface area contributed by atoms with Crippen LogP contribution in [0.25, 0.3) is 10.9 Å². The molecule has 4 rings (SSSR count). The molecule has 6 heteroatoms. The van der Waals surface area contributed by atoms with Gasteiger partial charge in [-0.05, 0) is 18.9 Å². The van der Waals surface area contributed by atoms with Gasteiger partial charge in [-0.15, -0.1) is 0 Å². The van der Waals surface area contributed by atoms with Gasteiger partial charge in [0.05, 0.1) is 18.8 Å². The van der Waals surface area contributed by atoms with E-state index in [0.29, 0.717) is 0 Å². The summed E-state index contributed by atoms with van der Waals surface area (Å²) in [5, 5.41) is 1.00. The topological polar surface area (TPSA) is 57.8 Å². The lowest BCUT2D eigenvalue weighted by Crippen LogP contribution is -2.48. The Kier molecular flexibility index (Phi) is 5.53. The fourth-order valence-electron chi connectivity index (χ4n) is 3.92. The van der Waals surface area contributed by atoms with Crippen LogP contribution in [-0.4, -0.2) is 79.3 Å². The van der Waals surface area contributed by atoms with E-state index in [-0.39, 0.29) is 11.9 Å². The number of aromatic nitrogens is 1. The molecule has 1 aromatic carbocycles. The number of carbonyl (C=O) groups excluding carboxylic acids is 1. The third kappa shape index (κ3) is 3.77. The summed E-state index contributed by atoms with van der Waals surface area (Å²) in [7, 11) is 0. The molecule has 1 amide bonds. The number of morpholine rings is 1. The molecular formula is C20H27N3O3. The number of aromatic amines is 1. The Balaban J connectivity index is 1.53. The third-order valence-electron chi connectivity index (χ3n) is 5.47. The van der Waals surface area contributed by atoms with Gasteiger partial charge in [-0.1, -0.05) is 18.2 Å². The van der Waals surface area contributed by atoms with Crippen LogP contribution in [0.2, 0.25) is 0 Å². The van der Waals surface area contributed by atoms with E-state index < -0.39 is 0 Å². The maximum atomic E-state index is 13.4. The van der Waals surface area contributed by atoms with Gasteiger partial charge in [-0.2, -0.15) is 0 Å². The minimum Gasteiger partial charge on any atom is -0.381 e. The third-order valence-corrected chi connectivity index (χ3v) is 5.47. The summed E-state index contributed by atoms with van der Waals surface area (Å²) in [5.41, 5.74) is 1.78. The largest absolute Gasteiger partial charge is 0.381 e. The molecule has 1 N–H and O–H groups in total. The summed E-state index contributed by atoms with van der Waals surface area (Å²) in [6.45, 7) is 6.59. The Morgan fingerprint density at radius 2 is 1.85 bits per heavy atom. The van der Waals surface area contributed by atoms with Crippen LogP contribution in [0.1, 0.15) is 23.2 Å². The number of fused-ring (bicyclic) bond motifs is 1. The molecule has 3 heterocycles. The van der Waals surface area contributed by atoms with Crippen LogP contribution in [0.5, 0.6) is 0 Å². The lowest BCUT2D eigenvalue weighted by Gasteiger charge is -2.36. The zero-order valence-corrected chi connectivity index (χ0v) is 15.2. The molecular weight excluding hydrogens is 330 g/mol. The lowest BCUT2D eigenvalue weighted by atomic mass is 10.0. The Labute approximate surface area is 154 Å². The van der Waals surface area contributed by atoms with E-state index in [1.165, 1.54) is 0 Å². The first-order valence-electron chi connectivity index (χ1n) is 9.58. The Morgan fingerprint density at radius 1 is 1.12 bits per heavy atom. The highest BCUT2D eigenvalue weighted by atomic mass is 16.5. The molecule has 0 bridgehead atoms. The van der Waals surface area contributed by atoms with Crippen LogP contribution >= 0.6 is 0 Å². The first kappa shape index (κ1) is 17.5. The average Bonchev–Trinajstić information content (AvgIpc) is 3.14. The Morgan fingerprint density at radius 3 is 2.65 bits per heavy atom. The van der Waals surface area contributed by atoms with Gasteiger partial charge in [0.2, 0.25) is 0 Å². The van der Waals surface area contributed by atoms with Gasteiger partial charge in [-0.3, -0.25) is 9.69 Å². The number of carbonyl (C=O) groups is 1. The number of benzene rings is 1. The van der Waals surface area contributed by atoms with Crippen molar-refractivity contribution in [3.05, 3.63) is 36.0 Å². The summed E-state index contributed by atoms with van der Waals surface area (Å²) >= 11 is 0. The summed E-state index contributed by atoms with van der Waals surface area (Å²) in [5.74, 6) is 0.127. The van der Waals surface area contributed by atoms with Crippen molar-refractivity contribution in [1.82, 2.24) is 14.8 Å². The molecule has 0 aliphatic carbocycles. The van der Waals surface area contributed by atoms with Gasteiger partial charge in [0.15, 0.2) is 0 Å². The standard InChI is InChI=1S/C20H27N3O3/c24-20(18-15-21-19-4-2-1-3-17(18)19)23(16-5-11-25-12-6-16)8-7-22-9-13-26-14-10-22/h1-4,15-16,21H,5-14H2. The maximum Gasteiger partial charge on any atom is 0.256 e. The summed E-state index contributed by atoms with van der Waals surface area (Å²) < 4.78 is 10.9. The molecule has 0 saturated carbocycles. The number of nitrogens with one attached hydrogen (secondary N) is 1. The highest BCUT2D eigenvalue weighted by Crippen LogP contribution is 2.23. The second kappa shape index (κ2) is 8.20. The molecule has 2 aliphatic heterocycles. The lowest BCUT2D eigenvalue weighted by molar-refractivity contribution is 0.0142. The van der Waals surface area contributed by atoms with E-state index in [1.54, 1.807) is 0 Å². The molecule has 0 unspecified atom stereocenters. The molecule has 0 radical (unpaired) electrons. The Bertz CT molecular complexity index is 733. The molecule has 0 atom stereocenters. The molecule has 140 valence electrons. The minimum atomic E-state index is 0.127. The number of H-pyrrole nitrogens is 1. The van der Waals surface area contributed by atoms with Gasteiger partial charge >= 0.3 is 0 Å². The molecule has 2 aliphatic rings. The van der Waals surface area contributed by atoms with Crippen LogP contribution in [0.3, 0.4) is 0 Å².